The van der Waals surface area contributed by atoms with Crippen LogP contribution in [-0.4, -0.2) is 37.0 Å². The molecule has 1 N–H and O–H groups in total. The van der Waals surface area contributed by atoms with Crippen molar-refractivity contribution in [3.8, 4) is 0 Å². The van der Waals surface area contributed by atoms with E-state index in [1.807, 2.05) is 11.9 Å². The zero-order chi connectivity index (χ0) is 13.8. The van der Waals surface area contributed by atoms with Gasteiger partial charge in [-0.1, -0.05) is 18.2 Å². The Morgan fingerprint density at radius 1 is 1.37 bits per heavy atom. The number of benzene rings is 1. The molecule has 19 heavy (non-hydrogen) atoms. The van der Waals surface area contributed by atoms with Crippen molar-refractivity contribution in [2.45, 2.75) is 39.2 Å². The van der Waals surface area contributed by atoms with Gasteiger partial charge in [-0.05, 0) is 56.3 Å². The van der Waals surface area contributed by atoms with Gasteiger partial charge in [0.25, 0.3) is 0 Å². The number of likely N-dealkylation sites (N-methyl/N-ethyl adjacent to an activating group) is 1. The first-order valence-corrected chi connectivity index (χ1v) is 7.12. The Kier molecular flexibility index (Phi) is 4.59. The summed E-state index contributed by atoms with van der Waals surface area (Å²) in [6.45, 7) is 6.03. The second-order valence-electron chi connectivity index (χ2n) is 5.58. The van der Waals surface area contributed by atoms with E-state index in [4.69, 9.17) is 0 Å². The van der Waals surface area contributed by atoms with Crippen molar-refractivity contribution in [1.82, 2.24) is 10.2 Å². The van der Waals surface area contributed by atoms with Gasteiger partial charge in [-0.2, -0.15) is 0 Å². The van der Waals surface area contributed by atoms with E-state index in [0.29, 0.717) is 0 Å². The van der Waals surface area contributed by atoms with E-state index in [9.17, 15) is 4.79 Å². The third-order valence-corrected chi connectivity index (χ3v) is 4.04. The first-order chi connectivity index (χ1) is 9.08. The minimum atomic E-state index is 0.0461. The predicted octanol–water partition coefficient (Wildman–Crippen LogP) is 2.06. The van der Waals surface area contributed by atoms with E-state index < -0.39 is 0 Å². The van der Waals surface area contributed by atoms with Crippen molar-refractivity contribution in [2.24, 2.45) is 0 Å². The molecule has 1 saturated heterocycles. The summed E-state index contributed by atoms with van der Waals surface area (Å²) in [6.07, 6.45) is 3.02. The maximum atomic E-state index is 12.2. The lowest BCUT2D eigenvalue weighted by Gasteiger charge is -2.21. The van der Waals surface area contributed by atoms with Crippen LogP contribution in [0.1, 0.15) is 29.5 Å². The number of aryl methyl sites for hydroxylation is 2. The molecule has 1 aromatic carbocycles. The van der Waals surface area contributed by atoms with Gasteiger partial charge in [-0.3, -0.25) is 4.79 Å². The molecule has 1 amide bonds. The molecule has 1 unspecified atom stereocenters. The van der Waals surface area contributed by atoms with Gasteiger partial charge >= 0.3 is 0 Å². The Bertz CT molecular complexity index is 450. The average molecular weight is 260 g/mol. The third-order valence-electron chi connectivity index (χ3n) is 4.04. The van der Waals surface area contributed by atoms with Crippen LogP contribution in [0.2, 0.25) is 0 Å². The molecule has 2 rings (SSSR count). The van der Waals surface area contributed by atoms with E-state index in [0.717, 1.165) is 32.4 Å². The molecule has 0 aliphatic carbocycles. The molecule has 1 aromatic rings. The standard InChI is InChI=1S/C16H24N2O/c1-12-6-7-14(11-13(12)2)8-10-18(3)16(19)15-5-4-9-17-15/h6-7,11,15,17H,4-5,8-10H2,1-3H3. The van der Waals surface area contributed by atoms with Gasteiger partial charge < -0.3 is 10.2 Å². The first kappa shape index (κ1) is 14.1. The number of hydrogen-bond acceptors (Lipinski definition) is 2. The van der Waals surface area contributed by atoms with Gasteiger partial charge in [0.05, 0.1) is 6.04 Å². The zero-order valence-electron chi connectivity index (χ0n) is 12.2. The molecular formula is C16H24N2O. The van der Waals surface area contributed by atoms with E-state index in [-0.39, 0.29) is 11.9 Å². The van der Waals surface area contributed by atoms with E-state index in [1.165, 1.54) is 16.7 Å². The van der Waals surface area contributed by atoms with Crippen LogP contribution in [0.15, 0.2) is 18.2 Å². The lowest BCUT2D eigenvalue weighted by Crippen LogP contribution is -2.42. The fraction of sp³-hybridized carbons (Fsp3) is 0.562. The maximum Gasteiger partial charge on any atom is 0.239 e. The summed E-state index contributed by atoms with van der Waals surface area (Å²) in [5.74, 6) is 0.237. The van der Waals surface area contributed by atoms with Crippen molar-refractivity contribution in [3.63, 3.8) is 0 Å². The van der Waals surface area contributed by atoms with Crippen LogP contribution in [0, 0.1) is 13.8 Å². The molecule has 0 spiro atoms. The number of carbonyl (C=O) groups is 1. The highest BCUT2D eigenvalue weighted by molar-refractivity contribution is 5.81. The minimum Gasteiger partial charge on any atom is -0.344 e. The summed E-state index contributed by atoms with van der Waals surface area (Å²) >= 11 is 0. The van der Waals surface area contributed by atoms with Gasteiger partial charge in [-0.15, -0.1) is 0 Å². The monoisotopic (exact) mass is 260 g/mol. The number of amides is 1. The summed E-state index contributed by atoms with van der Waals surface area (Å²) in [6, 6.07) is 6.59. The number of nitrogens with one attached hydrogen (secondary N) is 1. The smallest absolute Gasteiger partial charge is 0.239 e. The third kappa shape index (κ3) is 3.57. The van der Waals surface area contributed by atoms with Crippen molar-refractivity contribution in [3.05, 3.63) is 34.9 Å². The van der Waals surface area contributed by atoms with Crippen molar-refractivity contribution in [2.75, 3.05) is 20.1 Å². The van der Waals surface area contributed by atoms with Gasteiger partial charge in [0.1, 0.15) is 0 Å². The largest absolute Gasteiger partial charge is 0.344 e. The molecule has 1 aliphatic heterocycles. The topological polar surface area (TPSA) is 32.3 Å². The number of nitrogens with zero attached hydrogens (tertiary/aromatic N) is 1. The number of hydrogen-bond donors (Lipinski definition) is 1. The highest BCUT2D eigenvalue weighted by atomic mass is 16.2. The molecular weight excluding hydrogens is 236 g/mol. The highest BCUT2D eigenvalue weighted by Crippen LogP contribution is 2.12. The van der Waals surface area contributed by atoms with E-state index in [1.54, 1.807) is 0 Å². The quantitative estimate of drug-likeness (QED) is 0.898. The van der Waals surface area contributed by atoms with Gasteiger partial charge in [-0.25, -0.2) is 0 Å². The summed E-state index contributed by atoms with van der Waals surface area (Å²) in [5.41, 5.74) is 3.95. The Morgan fingerprint density at radius 3 is 2.79 bits per heavy atom. The number of rotatable bonds is 4. The molecule has 3 heteroatoms. The Labute approximate surface area is 116 Å². The first-order valence-electron chi connectivity index (χ1n) is 7.12. The Hall–Kier alpha value is -1.35. The van der Waals surface area contributed by atoms with Crippen LogP contribution in [0.4, 0.5) is 0 Å². The van der Waals surface area contributed by atoms with Crippen LogP contribution < -0.4 is 5.32 Å². The van der Waals surface area contributed by atoms with Crippen LogP contribution in [0.5, 0.6) is 0 Å². The summed E-state index contributed by atoms with van der Waals surface area (Å²) in [5, 5.41) is 3.26. The zero-order valence-corrected chi connectivity index (χ0v) is 12.2. The van der Waals surface area contributed by atoms with Crippen molar-refractivity contribution < 1.29 is 4.79 Å². The molecule has 0 radical (unpaired) electrons. The van der Waals surface area contributed by atoms with Crippen molar-refractivity contribution >= 4 is 5.91 Å². The summed E-state index contributed by atoms with van der Waals surface area (Å²) in [4.78, 5) is 14.0. The lowest BCUT2D eigenvalue weighted by atomic mass is 10.0. The fourth-order valence-corrected chi connectivity index (χ4v) is 2.53. The fourth-order valence-electron chi connectivity index (χ4n) is 2.53. The normalized spacial score (nSPS) is 18.6. The lowest BCUT2D eigenvalue weighted by molar-refractivity contribution is -0.131. The SMILES string of the molecule is Cc1ccc(CCN(C)C(=O)C2CCCN2)cc1C. The van der Waals surface area contributed by atoms with Crippen LogP contribution >= 0.6 is 0 Å². The van der Waals surface area contributed by atoms with Crippen molar-refractivity contribution in [1.29, 1.82) is 0 Å². The minimum absolute atomic E-state index is 0.0461. The molecule has 0 bridgehead atoms. The molecule has 1 heterocycles. The van der Waals surface area contributed by atoms with Gasteiger partial charge in [0.15, 0.2) is 0 Å². The Balaban J connectivity index is 1.87. The van der Waals surface area contributed by atoms with Gasteiger partial charge in [0, 0.05) is 13.6 Å². The molecule has 1 fully saturated rings. The molecule has 0 saturated carbocycles. The summed E-state index contributed by atoms with van der Waals surface area (Å²) in [7, 11) is 1.91. The average Bonchev–Trinajstić information content (AvgIpc) is 2.93. The second-order valence-corrected chi connectivity index (χ2v) is 5.58. The molecule has 0 aromatic heterocycles. The van der Waals surface area contributed by atoms with Gasteiger partial charge in [0.2, 0.25) is 5.91 Å². The predicted molar refractivity (Wildman–Crippen MR) is 78.3 cm³/mol. The summed E-state index contributed by atoms with van der Waals surface area (Å²) < 4.78 is 0. The van der Waals surface area contributed by atoms with Crippen LogP contribution in [0.3, 0.4) is 0 Å². The van der Waals surface area contributed by atoms with Crippen LogP contribution in [0.25, 0.3) is 0 Å². The second kappa shape index (κ2) is 6.20. The molecule has 3 nitrogen and oxygen atoms in total. The number of carbonyl (C=O) groups excluding carboxylic acids is 1. The molecule has 1 atom stereocenters. The molecule has 1 aliphatic rings. The van der Waals surface area contributed by atoms with Crippen LogP contribution in [-0.2, 0) is 11.2 Å². The molecule has 104 valence electrons. The Morgan fingerprint density at radius 2 is 2.16 bits per heavy atom. The maximum absolute atomic E-state index is 12.2. The highest BCUT2D eigenvalue weighted by Gasteiger charge is 2.24. The van der Waals surface area contributed by atoms with E-state index >= 15 is 0 Å². The van der Waals surface area contributed by atoms with E-state index in [2.05, 4.69) is 37.4 Å².